The molecule has 3 rings (SSSR count). The molecule has 0 bridgehead atoms. The van der Waals surface area contributed by atoms with Crippen molar-refractivity contribution in [1.82, 2.24) is 9.97 Å². The van der Waals surface area contributed by atoms with Crippen molar-refractivity contribution >= 4 is 29.3 Å². The molecule has 0 radical (unpaired) electrons. The van der Waals surface area contributed by atoms with E-state index < -0.39 is 0 Å². The van der Waals surface area contributed by atoms with Gasteiger partial charge in [-0.05, 0) is 6.26 Å². The second-order valence-corrected chi connectivity index (χ2v) is 5.59. The van der Waals surface area contributed by atoms with E-state index in [0.717, 1.165) is 5.56 Å². The van der Waals surface area contributed by atoms with Gasteiger partial charge in [0.25, 0.3) is 0 Å². The fraction of sp³-hybridized carbons (Fsp3) is 0.267. The Morgan fingerprint density at radius 1 is 1.22 bits per heavy atom. The number of aromatic nitrogens is 2. The van der Waals surface area contributed by atoms with Crippen LogP contribution in [0, 0.1) is 0 Å². The number of anilines is 2. The highest BCUT2D eigenvalue weighted by Crippen LogP contribution is 2.32. The van der Waals surface area contributed by atoms with Crippen LogP contribution in [-0.4, -0.2) is 36.5 Å². The Balaban J connectivity index is 1.96. The van der Waals surface area contributed by atoms with Crippen molar-refractivity contribution in [3.8, 4) is 11.5 Å². The number of thioether (sulfide) groups is 1. The van der Waals surface area contributed by atoms with E-state index in [-0.39, 0.29) is 6.03 Å². The highest BCUT2D eigenvalue weighted by atomic mass is 32.2. The smallest absolute Gasteiger partial charge is 0.327 e. The van der Waals surface area contributed by atoms with Crippen molar-refractivity contribution in [1.29, 1.82) is 0 Å². The first-order chi connectivity index (χ1) is 11.1. The van der Waals surface area contributed by atoms with Gasteiger partial charge in [-0.25, -0.2) is 14.8 Å². The van der Waals surface area contributed by atoms with Gasteiger partial charge in [0.05, 0.1) is 26.5 Å². The summed E-state index contributed by atoms with van der Waals surface area (Å²) in [6.07, 6.45) is 3.62. The van der Waals surface area contributed by atoms with Crippen LogP contribution in [0.3, 0.4) is 0 Å². The van der Waals surface area contributed by atoms with Gasteiger partial charge in [0.1, 0.15) is 17.3 Å². The fourth-order valence-corrected chi connectivity index (χ4v) is 2.62. The number of hydrogen-bond acceptors (Lipinski definition) is 6. The standard InChI is InChI=1S/C15H16N4O3S/c1-21-11-4-10(5-12(6-11)22-2)19-8-9-7-16-14(23-3)17-13(9)18-15(19)20/h4-7H,8H2,1-3H3,(H,16,17,18,20). The highest BCUT2D eigenvalue weighted by Gasteiger charge is 2.26. The Kier molecular flexibility index (Phi) is 4.24. The molecule has 0 atom stereocenters. The Labute approximate surface area is 138 Å². The minimum Gasteiger partial charge on any atom is -0.497 e. The summed E-state index contributed by atoms with van der Waals surface area (Å²) in [4.78, 5) is 22.6. The molecule has 23 heavy (non-hydrogen) atoms. The summed E-state index contributed by atoms with van der Waals surface area (Å²) < 4.78 is 10.5. The van der Waals surface area contributed by atoms with Gasteiger partial charge in [-0.15, -0.1) is 0 Å². The molecular weight excluding hydrogens is 316 g/mol. The molecular formula is C15H16N4O3S. The van der Waals surface area contributed by atoms with Crippen LogP contribution in [0.1, 0.15) is 5.56 Å². The molecule has 0 saturated carbocycles. The monoisotopic (exact) mass is 332 g/mol. The Bertz CT molecular complexity index is 731. The van der Waals surface area contributed by atoms with E-state index in [4.69, 9.17) is 9.47 Å². The molecule has 2 heterocycles. The van der Waals surface area contributed by atoms with E-state index in [1.807, 2.05) is 6.26 Å². The number of nitrogens with zero attached hydrogens (tertiary/aromatic N) is 3. The topological polar surface area (TPSA) is 76.6 Å². The minimum atomic E-state index is -0.251. The summed E-state index contributed by atoms with van der Waals surface area (Å²) in [7, 11) is 3.14. The molecule has 7 nitrogen and oxygen atoms in total. The first-order valence-corrected chi connectivity index (χ1v) is 8.08. The average Bonchev–Trinajstić information content (AvgIpc) is 2.59. The molecule has 0 saturated heterocycles. The lowest BCUT2D eigenvalue weighted by atomic mass is 10.2. The Morgan fingerprint density at radius 2 is 1.91 bits per heavy atom. The van der Waals surface area contributed by atoms with Crippen molar-refractivity contribution in [3.63, 3.8) is 0 Å². The molecule has 1 N–H and O–H groups in total. The SMILES string of the molecule is COc1cc(OC)cc(N2Cc3cnc(SC)nc3NC2=O)c1. The van der Waals surface area contributed by atoms with Gasteiger partial charge in [0, 0.05) is 30.0 Å². The van der Waals surface area contributed by atoms with E-state index in [1.54, 1.807) is 43.5 Å². The maximum absolute atomic E-state index is 12.4. The van der Waals surface area contributed by atoms with Crippen molar-refractivity contribution in [3.05, 3.63) is 30.0 Å². The zero-order valence-corrected chi connectivity index (χ0v) is 13.8. The number of amides is 2. The van der Waals surface area contributed by atoms with Crippen LogP contribution in [0.25, 0.3) is 0 Å². The number of benzene rings is 1. The third-order valence-electron chi connectivity index (χ3n) is 3.47. The molecule has 120 valence electrons. The summed E-state index contributed by atoms with van der Waals surface area (Å²) in [5, 5.41) is 3.42. The molecule has 0 fully saturated rings. The van der Waals surface area contributed by atoms with Gasteiger partial charge in [0.15, 0.2) is 5.16 Å². The first-order valence-electron chi connectivity index (χ1n) is 6.86. The normalized spacial score (nSPS) is 13.3. The summed E-state index contributed by atoms with van der Waals surface area (Å²) in [5.74, 6) is 1.79. The predicted molar refractivity (Wildman–Crippen MR) is 88.6 cm³/mol. The van der Waals surface area contributed by atoms with E-state index >= 15 is 0 Å². The van der Waals surface area contributed by atoms with Crippen LogP contribution in [0.5, 0.6) is 11.5 Å². The molecule has 1 aliphatic rings. The number of carbonyl (C=O) groups excluding carboxylic acids is 1. The zero-order chi connectivity index (χ0) is 16.4. The summed E-state index contributed by atoms with van der Waals surface area (Å²) in [6.45, 7) is 0.381. The summed E-state index contributed by atoms with van der Waals surface area (Å²) in [6, 6.07) is 5.07. The van der Waals surface area contributed by atoms with E-state index in [9.17, 15) is 4.79 Å². The quantitative estimate of drug-likeness (QED) is 0.685. The second-order valence-electron chi connectivity index (χ2n) is 4.82. The summed E-state index contributed by atoms with van der Waals surface area (Å²) in [5.41, 5.74) is 1.53. The third-order valence-corrected chi connectivity index (χ3v) is 4.03. The van der Waals surface area contributed by atoms with Crippen molar-refractivity contribution < 1.29 is 14.3 Å². The Morgan fingerprint density at radius 3 is 2.52 bits per heavy atom. The molecule has 0 aliphatic carbocycles. The maximum atomic E-state index is 12.4. The van der Waals surface area contributed by atoms with Crippen LogP contribution in [0.2, 0.25) is 0 Å². The lowest BCUT2D eigenvalue weighted by Crippen LogP contribution is -2.39. The van der Waals surface area contributed by atoms with Crippen LogP contribution in [0.4, 0.5) is 16.3 Å². The molecule has 0 spiro atoms. The Hall–Kier alpha value is -2.48. The van der Waals surface area contributed by atoms with E-state index in [1.165, 1.54) is 11.8 Å². The molecule has 2 aromatic rings. The van der Waals surface area contributed by atoms with Crippen LogP contribution in [0.15, 0.2) is 29.6 Å². The lowest BCUT2D eigenvalue weighted by molar-refractivity contribution is 0.255. The first kappa shape index (κ1) is 15.4. The van der Waals surface area contributed by atoms with Gasteiger partial charge >= 0.3 is 6.03 Å². The predicted octanol–water partition coefficient (Wildman–Crippen LogP) is 2.77. The molecule has 1 aromatic carbocycles. The van der Waals surface area contributed by atoms with Crippen molar-refractivity contribution in [2.24, 2.45) is 0 Å². The van der Waals surface area contributed by atoms with E-state index in [2.05, 4.69) is 15.3 Å². The number of methoxy groups -OCH3 is 2. The fourth-order valence-electron chi connectivity index (χ4n) is 2.28. The number of urea groups is 1. The number of ether oxygens (including phenoxy) is 2. The van der Waals surface area contributed by atoms with Gasteiger partial charge in [-0.3, -0.25) is 10.2 Å². The van der Waals surface area contributed by atoms with Crippen LogP contribution in [-0.2, 0) is 6.54 Å². The minimum absolute atomic E-state index is 0.251. The number of fused-ring (bicyclic) bond motifs is 1. The number of nitrogens with one attached hydrogen (secondary N) is 1. The molecule has 1 aromatic heterocycles. The van der Waals surface area contributed by atoms with Gasteiger partial charge in [0.2, 0.25) is 0 Å². The van der Waals surface area contributed by atoms with Gasteiger partial charge in [-0.1, -0.05) is 11.8 Å². The number of rotatable bonds is 4. The van der Waals surface area contributed by atoms with E-state index in [0.29, 0.717) is 34.7 Å². The number of hydrogen-bond donors (Lipinski definition) is 1. The van der Waals surface area contributed by atoms with Gasteiger partial charge in [-0.2, -0.15) is 0 Å². The third kappa shape index (κ3) is 3.02. The van der Waals surface area contributed by atoms with Gasteiger partial charge < -0.3 is 9.47 Å². The maximum Gasteiger partial charge on any atom is 0.327 e. The molecule has 1 aliphatic heterocycles. The van der Waals surface area contributed by atoms with Crippen LogP contribution < -0.4 is 19.7 Å². The highest BCUT2D eigenvalue weighted by molar-refractivity contribution is 7.98. The summed E-state index contributed by atoms with van der Waals surface area (Å²) >= 11 is 1.43. The lowest BCUT2D eigenvalue weighted by Gasteiger charge is -2.29. The van der Waals surface area contributed by atoms with Crippen molar-refractivity contribution in [2.75, 3.05) is 30.7 Å². The number of carbonyl (C=O) groups is 1. The second kappa shape index (κ2) is 6.33. The average molecular weight is 332 g/mol. The van der Waals surface area contributed by atoms with Crippen LogP contribution >= 0.6 is 11.8 Å². The molecule has 2 amide bonds. The molecule has 8 heteroatoms. The molecule has 0 unspecified atom stereocenters. The largest absolute Gasteiger partial charge is 0.497 e. The van der Waals surface area contributed by atoms with Crippen molar-refractivity contribution in [2.45, 2.75) is 11.7 Å². The zero-order valence-electron chi connectivity index (χ0n) is 13.0.